The van der Waals surface area contributed by atoms with Gasteiger partial charge in [-0.2, -0.15) is 5.10 Å². The summed E-state index contributed by atoms with van der Waals surface area (Å²) in [6.45, 7) is 7.75. The third-order valence-electron chi connectivity index (χ3n) is 5.17. The van der Waals surface area contributed by atoms with Crippen LogP contribution in [0.25, 0.3) is 0 Å². The molecule has 1 N–H and O–H groups in total. The first-order valence-electron chi connectivity index (χ1n) is 9.68. The molecule has 3 rings (SSSR count). The number of nitrogens with one attached hydrogen (secondary N) is 1. The Balaban J connectivity index is 1.41. The molecule has 26 heavy (non-hydrogen) atoms. The molecule has 0 radical (unpaired) electrons. The Hall–Kier alpha value is -2.14. The van der Waals surface area contributed by atoms with E-state index in [-0.39, 0.29) is 5.91 Å². The van der Waals surface area contributed by atoms with Crippen LogP contribution in [-0.2, 0) is 24.4 Å². The van der Waals surface area contributed by atoms with Crippen LogP contribution < -0.4 is 5.32 Å². The minimum Gasteiger partial charge on any atom is -0.352 e. The van der Waals surface area contributed by atoms with Crippen LogP contribution in [0.4, 0.5) is 0 Å². The van der Waals surface area contributed by atoms with Gasteiger partial charge in [0.2, 0.25) is 5.91 Å². The molecule has 1 aromatic carbocycles. The molecule has 1 fully saturated rings. The normalized spacial score (nSPS) is 18.0. The van der Waals surface area contributed by atoms with Crippen LogP contribution in [0.3, 0.4) is 0 Å². The number of carbonyl (C=O) groups excluding carboxylic acids is 1. The first-order valence-corrected chi connectivity index (χ1v) is 9.68. The molecular weight excluding hydrogens is 324 g/mol. The lowest BCUT2D eigenvalue weighted by atomic mass is 10.0. The van der Waals surface area contributed by atoms with Crippen molar-refractivity contribution in [3.8, 4) is 0 Å². The second-order valence-electron chi connectivity index (χ2n) is 7.44. The van der Waals surface area contributed by atoms with Crippen LogP contribution in [0.15, 0.2) is 36.7 Å². The number of hydrogen-bond donors (Lipinski definition) is 1. The topological polar surface area (TPSA) is 50.2 Å². The van der Waals surface area contributed by atoms with Crippen molar-refractivity contribution in [3.63, 3.8) is 0 Å². The third kappa shape index (κ3) is 5.43. The van der Waals surface area contributed by atoms with Crippen LogP contribution in [-0.4, -0.2) is 33.2 Å². The summed E-state index contributed by atoms with van der Waals surface area (Å²) in [7, 11) is 0. The number of aromatic nitrogens is 2. The average Bonchev–Trinajstić information content (AvgIpc) is 3.07. The number of rotatable bonds is 7. The first-order chi connectivity index (χ1) is 12.6. The maximum atomic E-state index is 12.0. The minimum absolute atomic E-state index is 0.0596. The largest absolute Gasteiger partial charge is 0.352 e. The highest BCUT2D eigenvalue weighted by molar-refractivity contribution is 5.75. The molecule has 0 saturated carbocycles. The summed E-state index contributed by atoms with van der Waals surface area (Å²) in [5.74, 6) is 0.0596. The molecule has 1 unspecified atom stereocenters. The summed E-state index contributed by atoms with van der Waals surface area (Å²) in [4.78, 5) is 14.6. The Morgan fingerprint density at radius 3 is 2.69 bits per heavy atom. The molecule has 1 aromatic heterocycles. The Bertz CT molecular complexity index is 707. The van der Waals surface area contributed by atoms with E-state index in [9.17, 15) is 4.79 Å². The predicted octanol–water partition coefficient (Wildman–Crippen LogP) is 3.27. The summed E-state index contributed by atoms with van der Waals surface area (Å²) in [5, 5.41) is 7.20. The van der Waals surface area contributed by atoms with Crippen molar-refractivity contribution in [3.05, 3.63) is 53.3 Å². The highest BCUT2D eigenvalue weighted by Gasteiger charge is 2.17. The maximum Gasteiger partial charge on any atom is 0.222 e. The minimum atomic E-state index is 0.0596. The van der Waals surface area contributed by atoms with Crippen LogP contribution in [0.2, 0.25) is 0 Å². The fourth-order valence-electron chi connectivity index (χ4n) is 3.48. The van der Waals surface area contributed by atoms with Gasteiger partial charge in [0, 0.05) is 38.3 Å². The van der Waals surface area contributed by atoms with Crippen molar-refractivity contribution in [2.45, 2.75) is 65.2 Å². The van der Waals surface area contributed by atoms with Gasteiger partial charge in [-0.25, -0.2) is 0 Å². The standard InChI is InChI=1S/C21H30N4O/c1-17-13-23-25(15-17)12-10-21(26)22-14-19-6-8-20(9-7-19)16-24-11-4-3-5-18(24)2/h6-9,13,15,18H,3-5,10-12,14,16H2,1-2H3,(H,22,26). The van der Waals surface area contributed by atoms with Crippen LogP contribution >= 0.6 is 0 Å². The van der Waals surface area contributed by atoms with Gasteiger partial charge >= 0.3 is 0 Å². The first kappa shape index (κ1) is 18.6. The van der Waals surface area contributed by atoms with Crippen LogP contribution in [0, 0.1) is 6.92 Å². The van der Waals surface area contributed by atoms with E-state index in [1.54, 1.807) is 0 Å². The molecule has 1 atom stereocenters. The van der Waals surface area contributed by atoms with E-state index in [1.807, 2.05) is 24.0 Å². The summed E-state index contributed by atoms with van der Waals surface area (Å²) >= 11 is 0. The molecule has 1 aliphatic heterocycles. The Kier molecular flexibility index (Phi) is 6.45. The summed E-state index contributed by atoms with van der Waals surface area (Å²) in [6, 6.07) is 9.31. The van der Waals surface area contributed by atoms with Crippen molar-refractivity contribution in [1.29, 1.82) is 0 Å². The lowest BCUT2D eigenvalue weighted by Crippen LogP contribution is -2.36. The van der Waals surface area contributed by atoms with Gasteiger partial charge in [0.25, 0.3) is 0 Å². The molecule has 5 nitrogen and oxygen atoms in total. The van der Waals surface area contributed by atoms with E-state index in [0.29, 0.717) is 25.6 Å². The van der Waals surface area contributed by atoms with E-state index in [1.165, 1.54) is 31.4 Å². The smallest absolute Gasteiger partial charge is 0.222 e. The molecular formula is C21H30N4O. The third-order valence-corrected chi connectivity index (χ3v) is 5.17. The van der Waals surface area contributed by atoms with Crippen molar-refractivity contribution >= 4 is 5.91 Å². The van der Waals surface area contributed by atoms with E-state index in [0.717, 1.165) is 17.7 Å². The monoisotopic (exact) mass is 354 g/mol. The number of benzene rings is 1. The number of carbonyl (C=O) groups is 1. The Morgan fingerprint density at radius 1 is 1.23 bits per heavy atom. The van der Waals surface area contributed by atoms with Crippen LogP contribution in [0.5, 0.6) is 0 Å². The number of amides is 1. The van der Waals surface area contributed by atoms with E-state index < -0.39 is 0 Å². The summed E-state index contributed by atoms with van der Waals surface area (Å²) < 4.78 is 1.81. The summed E-state index contributed by atoms with van der Waals surface area (Å²) in [5.41, 5.74) is 3.61. The molecule has 5 heteroatoms. The van der Waals surface area contributed by atoms with Gasteiger partial charge in [0.05, 0.1) is 6.20 Å². The molecule has 0 aliphatic carbocycles. The molecule has 0 bridgehead atoms. The number of hydrogen-bond acceptors (Lipinski definition) is 3. The second kappa shape index (κ2) is 8.99. The van der Waals surface area contributed by atoms with E-state index in [2.05, 4.69) is 46.5 Å². The zero-order valence-corrected chi connectivity index (χ0v) is 15.9. The maximum absolute atomic E-state index is 12.0. The van der Waals surface area contributed by atoms with Gasteiger partial charge < -0.3 is 5.32 Å². The van der Waals surface area contributed by atoms with Gasteiger partial charge in [-0.05, 0) is 49.9 Å². The average molecular weight is 354 g/mol. The SMILES string of the molecule is Cc1cnn(CCC(=O)NCc2ccc(CN3CCCCC3C)cc2)c1. The molecule has 1 aliphatic rings. The van der Waals surface area contributed by atoms with Gasteiger partial charge in [-0.15, -0.1) is 0 Å². The Morgan fingerprint density at radius 2 is 2.00 bits per heavy atom. The molecule has 2 heterocycles. The van der Waals surface area contributed by atoms with Crippen molar-refractivity contribution in [2.75, 3.05) is 6.54 Å². The van der Waals surface area contributed by atoms with Crippen molar-refractivity contribution < 1.29 is 4.79 Å². The molecule has 1 amide bonds. The van der Waals surface area contributed by atoms with Crippen molar-refractivity contribution in [1.82, 2.24) is 20.0 Å². The lowest BCUT2D eigenvalue weighted by molar-refractivity contribution is -0.121. The van der Waals surface area contributed by atoms with Gasteiger partial charge in [0.15, 0.2) is 0 Å². The van der Waals surface area contributed by atoms with E-state index in [4.69, 9.17) is 0 Å². The number of likely N-dealkylation sites (tertiary alicyclic amines) is 1. The van der Waals surface area contributed by atoms with Gasteiger partial charge in [-0.1, -0.05) is 30.7 Å². The molecule has 1 saturated heterocycles. The van der Waals surface area contributed by atoms with Crippen LogP contribution in [0.1, 0.15) is 49.3 Å². The fourth-order valence-corrected chi connectivity index (χ4v) is 3.48. The molecule has 2 aromatic rings. The number of aryl methyl sites for hydroxylation is 2. The molecule has 0 spiro atoms. The highest BCUT2D eigenvalue weighted by Crippen LogP contribution is 2.19. The predicted molar refractivity (Wildman–Crippen MR) is 104 cm³/mol. The number of piperidine rings is 1. The second-order valence-corrected chi connectivity index (χ2v) is 7.44. The zero-order chi connectivity index (χ0) is 18.4. The van der Waals surface area contributed by atoms with Gasteiger partial charge in [-0.3, -0.25) is 14.4 Å². The molecule has 140 valence electrons. The number of nitrogens with zero attached hydrogens (tertiary/aromatic N) is 3. The highest BCUT2D eigenvalue weighted by atomic mass is 16.1. The van der Waals surface area contributed by atoms with E-state index >= 15 is 0 Å². The Labute approximate surface area is 156 Å². The lowest BCUT2D eigenvalue weighted by Gasteiger charge is -2.33. The quantitative estimate of drug-likeness (QED) is 0.830. The van der Waals surface area contributed by atoms with Crippen molar-refractivity contribution in [2.24, 2.45) is 0 Å². The zero-order valence-electron chi connectivity index (χ0n) is 15.9. The summed E-state index contributed by atoms with van der Waals surface area (Å²) in [6.07, 6.45) is 8.19. The fraction of sp³-hybridized carbons (Fsp3) is 0.524. The van der Waals surface area contributed by atoms with Gasteiger partial charge in [0.1, 0.15) is 0 Å².